The molecule has 17 heavy (non-hydrogen) atoms. The van der Waals surface area contributed by atoms with Gasteiger partial charge < -0.3 is 10.6 Å². The van der Waals surface area contributed by atoms with Gasteiger partial charge in [-0.25, -0.2) is 0 Å². The van der Waals surface area contributed by atoms with Gasteiger partial charge in [-0.2, -0.15) is 0 Å². The highest BCUT2D eigenvalue weighted by Crippen LogP contribution is 2.30. The summed E-state index contributed by atoms with van der Waals surface area (Å²) in [7, 11) is 0. The fourth-order valence-corrected chi connectivity index (χ4v) is 3.40. The predicted octanol–water partition coefficient (Wildman–Crippen LogP) is 2.78. The Kier molecular flexibility index (Phi) is 4.68. The second-order valence-corrected chi connectivity index (χ2v) is 6.43. The van der Waals surface area contributed by atoms with Crippen LogP contribution in [0.5, 0.6) is 0 Å². The minimum absolute atomic E-state index is 0.135. The third-order valence-electron chi connectivity index (χ3n) is 2.90. The van der Waals surface area contributed by atoms with Gasteiger partial charge in [0.2, 0.25) is 0 Å². The summed E-state index contributed by atoms with van der Waals surface area (Å²) >= 11 is 12.9. The smallest absolute Gasteiger partial charge is 0.253 e. The van der Waals surface area contributed by atoms with Crippen molar-refractivity contribution in [1.82, 2.24) is 10.6 Å². The fraction of sp³-hybridized carbons (Fsp3) is 0.545. The topological polar surface area (TPSA) is 41.1 Å². The number of nitrogens with one attached hydrogen (secondary N) is 2. The molecule has 1 unspecified atom stereocenters. The third kappa shape index (κ3) is 3.58. The van der Waals surface area contributed by atoms with E-state index < -0.39 is 0 Å². The molecule has 1 atom stereocenters. The number of rotatable bonds is 4. The number of hydrogen-bond acceptors (Lipinski definition) is 3. The lowest BCUT2D eigenvalue weighted by molar-refractivity contribution is 0.0952. The monoisotopic (exact) mass is 292 g/mol. The standard InChI is InChI=1S/C11H14Cl2N2OS/c12-9-5-8(10(13)17-9)11(16)15-4-2-7-1-3-14-6-7/h5,7,14H,1-4,6H2,(H,15,16). The van der Waals surface area contributed by atoms with Crippen LogP contribution in [-0.4, -0.2) is 25.5 Å². The van der Waals surface area contributed by atoms with Gasteiger partial charge >= 0.3 is 0 Å². The molecular weight excluding hydrogens is 279 g/mol. The lowest BCUT2D eigenvalue weighted by Gasteiger charge is -2.08. The second kappa shape index (κ2) is 6.05. The van der Waals surface area contributed by atoms with E-state index in [2.05, 4.69) is 10.6 Å². The summed E-state index contributed by atoms with van der Waals surface area (Å²) in [6, 6.07) is 1.61. The molecule has 0 radical (unpaired) electrons. The van der Waals surface area contributed by atoms with Gasteiger partial charge in [0.05, 0.1) is 9.90 Å². The molecule has 0 bridgehead atoms. The van der Waals surface area contributed by atoms with Gasteiger partial charge in [0.15, 0.2) is 0 Å². The zero-order chi connectivity index (χ0) is 12.3. The van der Waals surface area contributed by atoms with Crippen LogP contribution in [0.3, 0.4) is 0 Å². The first-order valence-electron chi connectivity index (χ1n) is 5.60. The molecule has 3 nitrogen and oxygen atoms in total. The Bertz CT molecular complexity index is 402. The molecule has 0 aromatic carbocycles. The molecule has 2 rings (SSSR count). The van der Waals surface area contributed by atoms with Crippen molar-refractivity contribution >= 4 is 40.4 Å². The van der Waals surface area contributed by atoms with Crippen LogP contribution in [0.15, 0.2) is 6.07 Å². The Labute approximate surface area is 114 Å². The van der Waals surface area contributed by atoms with Gasteiger partial charge in [-0.05, 0) is 37.9 Å². The maximum atomic E-state index is 11.8. The van der Waals surface area contributed by atoms with Crippen LogP contribution in [0.1, 0.15) is 23.2 Å². The van der Waals surface area contributed by atoms with Crippen LogP contribution >= 0.6 is 34.5 Å². The molecule has 1 fully saturated rings. The zero-order valence-corrected chi connectivity index (χ0v) is 11.6. The van der Waals surface area contributed by atoms with Gasteiger partial charge in [0, 0.05) is 6.54 Å². The van der Waals surface area contributed by atoms with E-state index in [1.807, 2.05) is 0 Å². The van der Waals surface area contributed by atoms with Gasteiger partial charge in [-0.1, -0.05) is 23.2 Å². The van der Waals surface area contributed by atoms with Crippen molar-refractivity contribution in [3.8, 4) is 0 Å². The van der Waals surface area contributed by atoms with E-state index in [-0.39, 0.29) is 5.91 Å². The zero-order valence-electron chi connectivity index (χ0n) is 9.26. The molecule has 94 valence electrons. The second-order valence-electron chi connectivity index (χ2n) is 4.14. The van der Waals surface area contributed by atoms with E-state index in [0.717, 1.165) is 19.5 Å². The molecule has 1 aromatic heterocycles. The maximum Gasteiger partial charge on any atom is 0.253 e. The Morgan fingerprint density at radius 3 is 3.00 bits per heavy atom. The molecule has 0 aliphatic carbocycles. The minimum atomic E-state index is -0.135. The summed E-state index contributed by atoms with van der Waals surface area (Å²) < 4.78 is 0.996. The SMILES string of the molecule is O=C(NCCC1CCNC1)c1cc(Cl)sc1Cl. The molecule has 1 aliphatic heterocycles. The Morgan fingerprint density at radius 1 is 1.59 bits per heavy atom. The molecule has 6 heteroatoms. The Hall–Kier alpha value is -0.290. The van der Waals surface area contributed by atoms with Gasteiger partial charge in [-0.15, -0.1) is 11.3 Å². The molecule has 1 aromatic rings. The number of hydrogen-bond donors (Lipinski definition) is 2. The maximum absolute atomic E-state index is 11.8. The quantitative estimate of drug-likeness (QED) is 0.896. The largest absolute Gasteiger partial charge is 0.352 e. The van der Waals surface area contributed by atoms with Crippen LogP contribution in [0.2, 0.25) is 8.67 Å². The summed E-state index contributed by atoms with van der Waals surface area (Å²) in [5.74, 6) is 0.543. The summed E-state index contributed by atoms with van der Waals surface area (Å²) in [4.78, 5) is 11.8. The normalized spacial score (nSPS) is 19.5. The number of thiophene rings is 1. The van der Waals surface area contributed by atoms with Crippen molar-refractivity contribution in [2.75, 3.05) is 19.6 Å². The molecule has 0 saturated carbocycles. The number of carbonyl (C=O) groups is 1. The van der Waals surface area contributed by atoms with Crippen molar-refractivity contribution in [1.29, 1.82) is 0 Å². The highest BCUT2D eigenvalue weighted by atomic mass is 35.5. The number of halogens is 2. The highest BCUT2D eigenvalue weighted by molar-refractivity contribution is 7.20. The van der Waals surface area contributed by atoms with E-state index in [4.69, 9.17) is 23.2 Å². The van der Waals surface area contributed by atoms with E-state index in [1.54, 1.807) is 6.07 Å². The van der Waals surface area contributed by atoms with Crippen molar-refractivity contribution in [2.24, 2.45) is 5.92 Å². The van der Waals surface area contributed by atoms with Crippen molar-refractivity contribution < 1.29 is 4.79 Å². The van der Waals surface area contributed by atoms with E-state index in [1.165, 1.54) is 17.8 Å². The van der Waals surface area contributed by atoms with Gasteiger partial charge in [-0.3, -0.25) is 4.79 Å². The predicted molar refractivity (Wildman–Crippen MR) is 72.3 cm³/mol. The minimum Gasteiger partial charge on any atom is -0.352 e. The van der Waals surface area contributed by atoms with Crippen molar-refractivity contribution in [3.63, 3.8) is 0 Å². The fourth-order valence-electron chi connectivity index (χ4n) is 1.94. The highest BCUT2D eigenvalue weighted by Gasteiger charge is 2.16. The average Bonchev–Trinajstić information content (AvgIpc) is 2.88. The van der Waals surface area contributed by atoms with Gasteiger partial charge in [0.1, 0.15) is 4.34 Å². The van der Waals surface area contributed by atoms with E-state index in [9.17, 15) is 4.79 Å². The molecule has 1 aliphatic rings. The van der Waals surface area contributed by atoms with Gasteiger partial charge in [0.25, 0.3) is 5.91 Å². The lowest BCUT2D eigenvalue weighted by Crippen LogP contribution is -2.26. The lowest BCUT2D eigenvalue weighted by atomic mass is 10.1. The molecule has 1 saturated heterocycles. The Morgan fingerprint density at radius 2 is 2.41 bits per heavy atom. The van der Waals surface area contributed by atoms with Crippen molar-refractivity contribution in [3.05, 3.63) is 20.3 Å². The average molecular weight is 293 g/mol. The number of amides is 1. The van der Waals surface area contributed by atoms with Crippen LogP contribution in [-0.2, 0) is 0 Å². The number of carbonyl (C=O) groups excluding carboxylic acids is 1. The molecule has 2 N–H and O–H groups in total. The summed E-state index contributed by atoms with van der Waals surface area (Å²) in [5.41, 5.74) is 0.478. The molecule has 1 amide bonds. The summed E-state index contributed by atoms with van der Waals surface area (Å²) in [5, 5.41) is 6.18. The first kappa shape index (κ1) is 13.1. The molecule has 2 heterocycles. The van der Waals surface area contributed by atoms with Crippen molar-refractivity contribution in [2.45, 2.75) is 12.8 Å². The third-order valence-corrected chi connectivity index (χ3v) is 4.39. The summed E-state index contributed by atoms with van der Waals surface area (Å²) in [6.45, 7) is 2.83. The first-order valence-corrected chi connectivity index (χ1v) is 7.18. The molecule has 0 spiro atoms. The molecular formula is C11H14Cl2N2OS. The van der Waals surface area contributed by atoms with Crippen LogP contribution in [0, 0.1) is 5.92 Å². The van der Waals surface area contributed by atoms with E-state index in [0.29, 0.717) is 26.7 Å². The van der Waals surface area contributed by atoms with E-state index >= 15 is 0 Å². The van der Waals surface area contributed by atoms with Crippen LogP contribution in [0.25, 0.3) is 0 Å². The summed E-state index contributed by atoms with van der Waals surface area (Å²) in [6.07, 6.45) is 2.20. The Balaban J connectivity index is 1.78. The van der Waals surface area contributed by atoms with Crippen LogP contribution in [0.4, 0.5) is 0 Å². The van der Waals surface area contributed by atoms with Crippen LogP contribution < -0.4 is 10.6 Å². The first-order chi connectivity index (χ1) is 8.16.